The number of anilines is 2. The fourth-order valence-corrected chi connectivity index (χ4v) is 3.08. The lowest BCUT2D eigenvalue weighted by Crippen LogP contribution is -2.28. The van der Waals surface area contributed by atoms with Crippen molar-refractivity contribution in [2.45, 2.75) is 6.42 Å². The molecule has 3 rings (SSSR count). The Bertz CT molecular complexity index is 868. The van der Waals surface area contributed by atoms with E-state index in [1.165, 1.54) is 7.11 Å². The van der Waals surface area contributed by atoms with E-state index in [2.05, 4.69) is 5.32 Å². The molecule has 0 saturated carbocycles. The first kappa shape index (κ1) is 17.9. The molecular formula is C19H17ClN2O4. The van der Waals surface area contributed by atoms with Crippen LogP contribution in [-0.4, -0.2) is 31.4 Å². The van der Waals surface area contributed by atoms with Crippen LogP contribution in [0.4, 0.5) is 11.4 Å². The van der Waals surface area contributed by atoms with Crippen molar-refractivity contribution in [2.75, 3.05) is 23.9 Å². The highest BCUT2D eigenvalue weighted by molar-refractivity contribution is 6.31. The van der Waals surface area contributed by atoms with Gasteiger partial charge in [0.2, 0.25) is 11.8 Å². The van der Waals surface area contributed by atoms with Crippen LogP contribution in [0.3, 0.4) is 0 Å². The van der Waals surface area contributed by atoms with Gasteiger partial charge >= 0.3 is 5.97 Å². The number of nitrogens with one attached hydrogen (secondary N) is 1. The summed E-state index contributed by atoms with van der Waals surface area (Å²) in [5.41, 5.74) is 1.28. The van der Waals surface area contributed by atoms with Gasteiger partial charge in [-0.1, -0.05) is 29.8 Å². The average Bonchev–Trinajstić information content (AvgIpc) is 3.03. The fraction of sp³-hybridized carbons (Fsp3) is 0.211. The minimum atomic E-state index is -0.538. The van der Waals surface area contributed by atoms with E-state index in [4.69, 9.17) is 16.3 Å². The predicted octanol–water partition coefficient (Wildman–Crippen LogP) is 3.12. The Morgan fingerprint density at radius 2 is 1.96 bits per heavy atom. The van der Waals surface area contributed by atoms with E-state index in [-0.39, 0.29) is 30.3 Å². The summed E-state index contributed by atoms with van der Waals surface area (Å²) in [6, 6.07) is 13.5. The number of esters is 1. The van der Waals surface area contributed by atoms with Gasteiger partial charge in [-0.15, -0.1) is 0 Å². The first-order valence-electron chi connectivity index (χ1n) is 8.03. The van der Waals surface area contributed by atoms with E-state index in [1.807, 2.05) is 0 Å². The average molecular weight is 373 g/mol. The first-order chi connectivity index (χ1) is 12.5. The molecule has 1 unspecified atom stereocenters. The van der Waals surface area contributed by atoms with Gasteiger partial charge in [-0.25, -0.2) is 4.79 Å². The number of benzene rings is 2. The van der Waals surface area contributed by atoms with Crippen LogP contribution in [0.5, 0.6) is 0 Å². The summed E-state index contributed by atoms with van der Waals surface area (Å²) in [5.74, 6) is -1.52. The number of hydrogen-bond donors (Lipinski definition) is 1. The largest absolute Gasteiger partial charge is 0.465 e. The molecule has 1 aliphatic heterocycles. The SMILES string of the molecule is COC(=O)c1ccccc1NC(=O)C1CC(=O)N(c2cccc(Cl)c2)C1. The van der Waals surface area contributed by atoms with Crippen LogP contribution in [0, 0.1) is 5.92 Å². The summed E-state index contributed by atoms with van der Waals surface area (Å²) in [4.78, 5) is 38.3. The predicted molar refractivity (Wildman–Crippen MR) is 98.3 cm³/mol. The van der Waals surface area contributed by atoms with Gasteiger partial charge in [0, 0.05) is 23.7 Å². The summed E-state index contributed by atoms with van der Waals surface area (Å²) in [7, 11) is 1.28. The quantitative estimate of drug-likeness (QED) is 0.837. The lowest BCUT2D eigenvalue weighted by Gasteiger charge is -2.17. The molecule has 0 radical (unpaired) electrons. The zero-order valence-electron chi connectivity index (χ0n) is 14.1. The molecule has 7 heteroatoms. The summed E-state index contributed by atoms with van der Waals surface area (Å²) < 4.78 is 4.72. The van der Waals surface area contributed by atoms with E-state index in [9.17, 15) is 14.4 Å². The second-order valence-electron chi connectivity index (χ2n) is 5.91. The third-order valence-electron chi connectivity index (χ3n) is 4.21. The van der Waals surface area contributed by atoms with Gasteiger partial charge in [0.25, 0.3) is 0 Å². The number of amides is 2. The standard InChI is InChI=1S/C19H17ClN2O4/c1-26-19(25)15-7-2-3-8-16(15)21-18(24)12-9-17(23)22(11-12)14-6-4-5-13(20)10-14/h2-8,10,12H,9,11H2,1H3,(H,21,24). The lowest BCUT2D eigenvalue weighted by molar-refractivity contribution is -0.122. The molecule has 1 aliphatic rings. The second kappa shape index (κ2) is 7.58. The number of halogens is 1. The number of carbonyl (C=O) groups excluding carboxylic acids is 3. The first-order valence-corrected chi connectivity index (χ1v) is 8.41. The molecule has 6 nitrogen and oxygen atoms in total. The van der Waals surface area contributed by atoms with Crippen LogP contribution >= 0.6 is 11.6 Å². The molecule has 1 fully saturated rings. The van der Waals surface area contributed by atoms with E-state index in [0.29, 0.717) is 16.4 Å². The van der Waals surface area contributed by atoms with Gasteiger partial charge < -0.3 is 15.0 Å². The van der Waals surface area contributed by atoms with Crippen molar-refractivity contribution in [2.24, 2.45) is 5.92 Å². The van der Waals surface area contributed by atoms with Crippen molar-refractivity contribution in [3.8, 4) is 0 Å². The Morgan fingerprint density at radius 1 is 1.19 bits per heavy atom. The number of carbonyl (C=O) groups is 3. The molecule has 0 spiro atoms. The molecule has 1 saturated heterocycles. The van der Waals surface area contributed by atoms with Crippen LogP contribution in [-0.2, 0) is 14.3 Å². The maximum atomic E-state index is 12.6. The second-order valence-corrected chi connectivity index (χ2v) is 6.35. The van der Waals surface area contributed by atoms with Gasteiger partial charge in [-0.05, 0) is 30.3 Å². The maximum absolute atomic E-state index is 12.6. The summed E-state index contributed by atoms with van der Waals surface area (Å²) >= 11 is 5.98. The third-order valence-corrected chi connectivity index (χ3v) is 4.44. The van der Waals surface area contributed by atoms with Crippen molar-refractivity contribution >= 4 is 40.8 Å². The minimum absolute atomic E-state index is 0.0960. The lowest BCUT2D eigenvalue weighted by atomic mass is 10.1. The van der Waals surface area contributed by atoms with Gasteiger partial charge in [0.05, 0.1) is 24.3 Å². The molecule has 1 heterocycles. The van der Waals surface area contributed by atoms with Crippen LogP contribution in [0.2, 0.25) is 5.02 Å². The van der Waals surface area contributed by atoms with E-state index in [0.717, 1.165) is 0 Å². The normalized spacial score (nSPS) is 16.5. The maximum Gasteiger partial charge on any atom is 0.339 e. The fourth-order valence-electron chi connectivity index (χ4n) is 2.89. The van der Waals surface area contributed by atoms with Crippen LogP contribution in [0.15, 0.2) is 48.5 Å². The highest BCUT2D eigenvalue weighted by Gasteiger charge is 2.35. The van der Waals surface area contributed by atoms with Crippen LogP contribution in [0.1, 0.15) is 16.8 Å². The Morgan fingerprint density at radius 3 is 2.69 bits per heavy atom. The highest BCUT2D eigenvalue weighted by Crippen LogP contribution is 2.28. The van der Waals surface area contributed by atoms with E-state index in [1.54, 1.807) is 53.4 Å². The van der Waals surface area contributed by atoms with Gasteiger partial charge in [0.15, 0.2) is 0 Å². The topological polar surface area (TPSA) is 75.7 Å². The molecule has 2 amide bonds. The Kier molecular flexibility index (Phi) is 5.23. The smallest absolute Gasteiger partial charge is 0.339 e. The van der Waals surface area contributed by atoms with Gasteiger partial charge in [-0.3, -0.25) is 9.59 Å². The number of rotatable bonds is 4. The van der Waals surface area contributed by atoms with Crippen LogP contribution < -0.4 is 10.2 Å². The monoisotopic (exact) mass is 372 g/mol. The zero-order valence-corrected chi connectivity index (χ0v) is 14.8. The minimum Gasteiger partial charge on any atom is -0.465 e. The molecule has 1 N–H and O–H groups in total. The van der Waals surface area contributed by atoms with Crippen molar-refractivity contribution in [1.82, 2.24) is 0 Å². The molecule has 2 aromatic carbocycles. The van der Waals surface area contributed by atoms with Gasteiger partial charge in [-0.2, -0.15) is 0 Å². The molecule has 0 bridgehead atoms. The van der Waals surface area contributed by atoms with Gasteiger partial charge in [0.1, 0.15) is 0 Å². The Balaban J connectivity index is 1.74. The van der Waals surface area contributed by atoms with Crippen LogP contribution in [0.25, 0.3) is 0 Å². The molecule has 2 aromatic rings. The van der Waals surface area contributed by atoms with E-state index >= 15 is 0 Å². The molecule has 0 aromatic heterocycles. The molecule has 0 aliphatic carbocycles. The molecule has 1 atom stereocenters. The van der Waals surface area contributed by atoms with Crippen molar-refractivity contribution in [1.29, 1.82) is 0 Å². The summed E-state index contributed by atoms with van der Waals surface area (Å²) in [6.45, 7) is 0.255. The Hall–Kier alpha value is -2.86. The molecular weight excluding hydrogens is 356 g/mol. The summed E-state index contributed by atoms with van der Waals surface area (Å²) in [6.07, 6.45) is 0.0960. The third kappa shape index (κ3) is 3.70. The van der Waals surface area contributed by atoms with Crippen molar-refractivity contribution in [3.05, 3.63) is 59.1 Å². The number of methoxy groups -OCH3 is 1. The summed E-state index contributed by atoms with van der Waals surface area (Å²) in [5, 5.41) is 3.25. The number of nitrogens with zero attached hydrogens (tertiary/aromatic N) is 1. The van der Waals surface area contributed by atoms with E-state index < -0.39 is 11.9 Å². The number of hydrogen-bond acceptors (Lipinski definition) is 4. The Labute approximate surface area is 155 Å². The molecule has 26 heavy (non-hydrogen) atoms. The highest BCUT2D eigenvalue weighted by atomic mass is 35.5. The zero-order chi connectivity index (χ0) is 18.7. The number of ether oxygens (including phenoxy) is 1. The van der Waals surface area contributed by atoms with Crippen molar-refractivity contribution < 1.29 is 19.1 Å². The van der Waals surface area contributed by atoms with Crippen molar-refractivity contribution in [3.63, 3.8) is 0 Å². The molecule has 134 valence electrons. The number of para-hydroxylation sites is 1.